The van der Waals surface area contributed by atoms with Crippen molar-refractivity contribution in [3.05, 3.63) is 47.8 Å². The van der Waals surface area contributed by atoms with E-state index < -0.39 is 0 Å². The van der Waals surface area contributed by atoms with Gasteiger partial charge in [0.1, 0.15) is 5.75 Å². The monoisotopic (exact) mass is 344 g/mol. The number of amides is 2. The third kappa shape index (κ3) is 4.75. The lowest BCUT2D eigenvalue weighted by Crippen LogP contribution is -2.43. The number of rotatable bonds is 5. The molecule has 1 heterocycles. The molecule has 0 saturated carbocycles. The second-order valence-electron chi connectivity index (χ2n) is 7.33. The third-order valence-electron chi connectivity index (χ3n) is 4.16. The van der Waals surface area contributed by atoms with E-state index >= 15 is 0 Å². The van der Waals surface area contributed by atoms with Crippen molar-refractivity contribution in [2.75, 3.05) is 7.11 Å². The Morgan fingerprint density at radius 1 is 1.24 bits per heavy atom. The van der Waals surface area contributed by atoms with Crippen LogP contribution in [0.2, 0.25) is 0 Å². The number of benzene rings is 1. The Kier molecular flexibility index (Phi) is 5.72. The maximum absolute atomic E-state index is 12.6. The van der Waals surface area contributed by atoms with Crippen molar-refractivity contribution < 1.29 is 9.53 Å². The number of para-hydroxylation sites is 1. The van der Waals surface area contributed by atoms with Crippen molar-refractivity contribution in [1.82, 2.24) is 20.4 Å². The van der Waals surface area contributed by atoms with Gasteiger partial charge in [0.25, 0.3) is 0 Å². The molecule has 0 aliphatic carbocycles. The molecule has 2 amide bonds. The second kappa shape index (κ2) is 7.59. The number of urea groups is 1. The quantitative estimate of drug-likeness (QED) is 0.871. The summed E-state index contributed by atoms with van der Waals surface area (Å²) in [7, 11) is 3.50. The minimum atomic E-state index is -0.220. The molecule has 0 spiro atoms. The standard InChI is InChI=1S/C19H28N4O2/c1-13(14-11-20-23(5)12-14)21-18(24)22-17(19(2,3)4)15-9-7-8-10-16(15)25-6/h7-13,17H,1-6H3,(H2,21,22,24)/t13-,17+/m1/s1. The van der Waals surface area contributed by atoms with Crippen LogP contribution in [0.15, 0.2) is 36.7 Å². The maximum atomic E-state index is 12.6. The van der Waals surface area contributed by atoms with E-state index in [1.165, 1.54) is 0 Å². The van der Waals surface area contributed by atoms with Crippen molar-refractivity contribution in [3.63, 3.8) is 0 Å². The molecule has 0 aliphatic rings. The highest BCUT2D eigenvalue weighted by molar-refractivity contribution is 5.75. The molecule has 136 valence electrons. The van der Waals surface area contributed by atoms with Gasteiger partial charge in [0.2, 0.25) is 0 Å². The summed E-state index contributed by atoms with van der Waals surface area (Å²) < 4.78 is 7.19. The predicted octanol–water partition coefficient (Wildman–Crippen LogP) is 3.58. The summed E-state index contributed by atoms with van der Waals surface area (Å²) in [6.45, 7) is 8.21. The Morgan fingerprint density at radius 2 is 1.92 bits per heavy atom. The van der Waals surface area contributed by atoms with Crippen LogP contribution in [-0.2, 0) is 7.05 Å². The van der Waals surface area contributed by atoms with Crippen LogP contribution in [-0.4, -0.2) is 22.9 Å². The van der Waals surface area contributed by atoms with E-state index in [-0.39, 0.29) is 23.5 Å². The minimum Gasteiger partial charge on any atom is -0.496 e. The Labute approximate surface area is 149 Å². The molecule has 0 saturated heterocycles. The molecule has 2 N–H and O–H groups in total. The van der Waals surface area contributed by atoms with Gasteiger partial charge in [0, 0.05) is 24.4 Å². The molecule has 25 heavy (non-hydrogen) atoms. The van der Waals surface area contributed by atoms with Crippen molar-refractivity contribution in [2.45, 2.75) is 39.8 Å². The van der Waals surface area contributed by atoms with Gasteiger partial charge in [-0.3, -0.25) is 4.68 Å². The summed E-state index contributed by atoms with van der Waals surface area (Å²) in [4.78, 5) is 12.6. The highest BCUT2D eigenvalue weighted by Crippen LogP contribution is 2.37. The molecular formula is C19H28N4O2. The number of nitrogens with zero attached hydrogens (tertiary/aromatic N) is 2. The van der Waals surface area contributed by atoms with E-state index in [4.69, 9.17) is 4.74 Å². The number of carbonyl (C=O) groups excluding carboxylic acids is 1. The highest BCUT2D eigenvalue weighted by atomic mass is 16.5. The summed E-state index contributed by atoms with van der Waals surface area (Å²) in [5.41, 5.74) is 1.74. The highest BCUT2D eigenvalue weighted by Gasteiger charge is 2.30. The number of hydrogen-bond acceptors (Lipinski definition) is 3. The lowest BCUT2D eigenvalue weighted by Gasteiger charge is -2.33. The molecule has 2 aromatic rings. The number of hydrogen-bond donors (Lipinski definition) is 2. The molecular weight excluding hydrogens is 316 g/mol. The first-order valence-electron chi connectivity index (χ1n) is 8.41. The van der Waals surface area contributed by atoms with Crippen LogP contribution in [0.25, 0.3) is 0 Å². The summed E-state index contributed by atoms with van der Waals surface area (Å²) in [5, 5.41) is 10.2. The van der Waals surface area contributed by atoms with E-state index in [1.807, 2.05) is 44.4 Å². The van der Waals surface area contributed by atoms with Crippen LogP contribution in [0.5, 0.6) is 5.75 Å². The minimum absolute atomic E-state index is 0.132. The number of methoxy groups -OCH3 is 1. The SMILES string of the molecule is COc1ccccc1[C@H](NC(=O)N[C@H](C)c1cnn(C)c1)C(C)(C)C. The number of ether oxygens (including phenoxy) is 1. The molecule has 0 fully saturated rings. The first-order chi connectivity index (χ1) is 11.7. The number of aromatic nitrogens is 2. The molecule has 0 bridgehead atoms. The largest absolute Gasteiger partial charge is 0.496 e. The molecule has 1 aromatic carbocycles. The zero-order chi connectivity index (χ0) is 18.6. The van der Waals surface area contributed by atoms with Crippen LogP contribution < -0.4 is 15.4 Å². The fraction of sp³-hybridized carbons (Fsp3) is 0.474. The third-order valence-corrected chi connectivity index (χ3v) is 4.16. The van der Waals surface area contributed by atoms with Crippen molar-refractivity contribution >= 4 is 6.03 Å². The van der Waals surface area contributed by atoms with Gasteiger partial charge in [-0.05, 0) is 18.4 Å². The van der Waals surface area contributed by atoms with Gasteiger partial charge in [0.05, 0.1) is 25.4 Å². The van der Waals surface area contributed by atoms with Crippen molar-refractivity contribution in [1.29, 1.82) is 0 Å². The summed E-state index contributed by atoms with van der Waals surface area (Å²) >= 11 is 0. The summed E-state index contributed by atoms with van der Waals surface area (Å²) in [5.74, 6) is 0.767. The molecule has 2 atom stereocenters. The van der Waals surface area contributed by atoms with Crippen LogP contribution in [0.1, 0.15) is 50.9 Å². The summed E-state index contributed by atoms with van der Waals surface area (Å²) in [6, 6.07) is 7.23. The van der Waals surface area contributed by atoms with Gasteiger partial charge < -0.3 is 15.4 Å². The number of carbonyl (C=O) groups is 1. The van der Waals surface area contributed by atoms with E-state index in [0.29, 0.717) is 0 Å². The average Bonchev–Trinajstić information content (AvgIpc) is 2.98. The van der Waals surface area contributed by atoms with Gasteiger partial charge in [-0.2, -0.15) is 5.10 Å². The molecule has 0 unspecified atom stereocenters. The van der Waals surface area contributed by atoms with E-state index in [2.05, 4.69) is 36.5 Å². The lowest BCUT2D eigenvalue weighted by atomic mass is 9.82. The molecule has 6 heteroatoms. The second-order valence-corrected chi connectivity index (χ2v) is 7.33. The predicted molar refractivity (Wildman–Crippen MR) is 98.5 cm³/mol. The lowest BCUT2D eigenvalue weighted by molar-refractivity contribution is 0.214. The Hall–Kier alpha value is -2.50. The fourth-order valence-electron chi connectivity index (χ4n) is 2.78. The fourth-order valence-corrected chi connectivity index (χ4v) is 2.78. The average molecular weight is 344 g/mol. The van der Waals surface area contributed by atoms with E-state index in [0.717, 1.165) is 16.9 Å². The summed E-state index contributed by atoms with van der Waals surface area (Å²) in [6.07, 6.45) is 3.65. The molecule has 6 nitrogen and oxygen atoms in total. The van der Waals surface area contributed by atoms with Gasteiger partial charge in [-0.15, -0.1) is 0 Å². The normalized spacial score (nSPS) is 13.8. The van der Waals surface area contributed by atoms with Crippen LogP contribution >= 0.6 is 0 Å². The molecule has 0 radical (unpaired) electrons. The zero-order valence-corrected chi connectivity index (χ0v) is 15.8. The Bertz CT molecular complexity index is 718. The Morgan fingerprint density at radius 3 is 2.48 bits per heavy atom. The number of nitrogens with one attached hydrogen (secondary N) is 2. The van der Waals surface area contributed by atoms with E-state index in [1.54, 1.807) is 18.0 Å². The zero-order valence-electron chi connectivity index (χ0n) is 15.8. The van der Waals surface area contributed by atoms with Crippen LogP contribution in [0, 0.1) is 5.41 Å². The van der Waals surface area contributed by atoms with Gasteiger partial charge >= 0.3 is 6.03 Å². The topological polar surface area (TPSA) is 68.2 Å². The van der Waals surface area contributed by atoms with Gasteiger partial charge in [0.15, 0.2) is 0 Å². The van der Waals surface area contributed by atoms with Gasteiger partial charge in [-0.25, -0.2) is 4.79 Å². The smallest absolute Gasteiger partial charge is 0.315 e. The maximum Gasteiger partial charge on any atom is 0.315 e. The first-order valence-corrected chi connectivity index (χ1v) is 8.41. The van der Waals surface area contributed by atoms with Crippen LogP contribution in [0.4, 0.5) is 4.79 Å². The van der Waals surface area contributed by atoms with Crippen molar-refractivity contribution in [3.8, 4) is 5.75 Å². The molecule has 0 aliphatic heterocycles. The van der Waals surface area contributed by atoms with Crippen molar-refractivity contribution in [2.24, 2.45) is 12.5 Å². The Balaban J connectivity index is 2.16. The van der Waals surface area contributed by atoms with E-state index in [9.17, 15) is 4.79 Å². The van der Waals surface area contributed by atoms with Crippen LogP contribution in [0.3, 0.4) is 0 Å². The molecule has 1 aromatic heterocycles. The van der Waals surface area contributed by atoms with Gasteiger partial charge in [-0.1, -0.05) is 39.0 Å². The number of aryl methyl sites for hydroxylation is 1. The first kappa shape index (κ1) is 18.8. The molecule has 2 rings (SSSR count).